The molecule has 0 fully saturated rings. The van der Waals surface area contributed by atoms with Crippen LogP contribution < -0.4 is 5.56 Å². The van der Waals surface area contributed by atoms with E-state index in [1.54, 1.807) is 0 Å². The first-order valence-corrected chi connectivity index (χ1v) is 20.0. The molecule has 11 rings (SSSR count). The van der Waals surface area contributed by atoms with Gasteiger partial charge in [-0.2, -0.15) is 0 Å². The van der Waals surface area contributed by atoms with Gasteiger partial charge in [0.2, 0.25) is 0 Å². The Labute approximate surface area is 336 Å². The molecule has 58 heavy (non-hydrogen) atoms. The average molecular weight is 746 g/mol. The van der Waals surface area contributed by atoms with Crippen LogP contribution in [-0.4, -0.2) is 13.7 Å². The van der Waals surface area contributed by atoms with E-state index in [0.717, 1.165) is 55.7 Å². The summed E-state index contributed by atoms with van der Waals surface area (Å²) in [4.78, 5) is 15.5. The van der Waals surface area contributed by atoms with Crippen LogP contribution in [0.4, 0.5) is 0 Å². The molecular formula is C54H39N3O. The zero-order chi connectivity index (χ0) is 38.7. The van der Waals surface area contributed by atoms with Gasteiger partial charge in [0, 0.05) is 50.2 Å². The predicted molar refractivity (Wildman–Crippen MR) is 242 cm³/mol. The van der Waals surface area contributed by atoms with Crippen LogP contribution in [0.1, 0.15) is 24.1 Å². The lowest BCUT2D eigenvalue weighted by Crippen LogP contribution is -2.26. The third kappa shape index (κ3) is 5.41. The number of aromatic nitrogens is 3. The van der Waals surface area contributed by atoms with E-state index in [0.29, 0.717) is 5.52 Å². The summed E-state index contributed by atoms with van der Waals surface area (Å²) in [6, 6.07) is 66.0. The highest BCUT2D eigenvalue weighted by Crippen LogP contribution is 2.41. The van der Waals surface area contributed by atoms with Crippen LogP contribution >= 0.6 is 0 Å². The van der Waals surface area contributed by atoms with Gasteiger partial charge in [-0.25, -0.2) is 0 Å². The van der Waals surface area contributed by atoms with E-state index < -0.39 is 0 Å². The van der Waals surface area contributed by atoms with Crippen molar-refractivity contribution in [1.29, 1.82) is 0 Å². The van der Waals surface area contributed by atoms with Crippen LogP contribution in [0.3, 0.4) is 0 Å². The first-order valence-electron chi connectivity index (χ1n) is 20.0. The Morgan fingerprint density at radius 3 is 1.57 bits per heavy atom. The smallest absolute Gasteiger partial charge is 0.280 e. The Kier molecular flexibility index (Phi) is 7.97. The zero-order valence-electron chi connectivity index (χ0n) is 32.0. The Balaban J connectivity index is 1.18. The van der Waals surface area contributed by atoms with Gasteiger partial charge in [-0.3, -0.25) is 9.36 Å². The van der Waals surface area contributed by atoms with Gasteiger partial charge in [-0.05, 0) is 101 Å². The van der Waals surface area contributed by atoms with Crippen LogP contribution in [0.2, 0.25) is 0 Å². The number of benzene rings is 7. The van der Waals surface area contributed by atoms with E-state index in [2.05, 4.69) is 174 Å². The van der Waals surface area contributed by atoms with Gasteiger partial charge >= 0.3 is 0 Å². The molecule has 2 unspecified atom stereocenters. The fourth-order valence-corrected chi connectivity index (χ4v) is 9.18. The normalized spacial score (nSPS) is 15.4. The van der Waals surface area contributed by atoms with E-state index in [-0.39, 0.29) is 17.4 Å². The molecule has 0 saturated heterocycles. The summed E-state index contributed by atoms with van der Waals surface area (Å²) >= 11 is 0. The molecule has 4 nitrogen and oxygen atoms in total. The quantitative estimate of drug-likeness (QED) is 0.167. The van der Waals surface area contributed by atoms with Crippen LogP contribution in [-0.2, 0) is 0 Å². The van der Waals surface area contributed by atoms with Gasteiger partial charge in [0.05, 0.1) is 16.6 Å². The van der Waals surface area contributed by atoms with Gasteiger partial charge in [0.1, 0.15) is 5.52 Å². The second-order valence-electron chi connectivity index (χ2n) is 15.4. The molecule has 10 aromatic rings. The largest absolute Gasteiger partial charge is 0.309 e. The second-order valence-corrected chi connectivity index (χ2v) is 15.4. The molecule has 1 aliphatic carbocycles. The van der Waals surface area contributed by atoms with E-state index in [1.807, 2.05) is 53.1 Å². The van der Waals surface area contributed by atoms with E-state index in [1.165, 1.54) is 27.4 Å². The Morgan fingerprint density at radius 2 is 0.931 bits per heavy atom. The lowest BCUT2D eigenvalue weighted by molar-refractivity contribution is 0.605. The number of pyridine rings is 1. The van der Waals surface area contributed by atoms with Gasteiger partial charge in [-0.1, -0.05) is 140 Å². The maximum Gasteiger partial charge on any atom is 0.280 e. The van der Waals surface area contributed by atoms with Crippen molar-refractivity contribution in [2.75, 3.05) is 0 Å². The van der Waals surface area contributed by atoms with Crippen LogP contribution in [0, 0.1) is 5.92 Å². The van der Waals surface area contributed by atoms with Crippen molar-refractivity contribution in [3.63, 3.8) is 0 Å². The molecule has 3 aromatic heterocycles. The van der Waals surface area contributed by atoms with Crippen molar-refractivity contribution in [2.45, 2.75) is 12.8 Å². The molecule has 0 saturated carbocycles. The molecule has 0 aliphatic heterocycles. The summed E-state index contributed by atoms with van der Waals surface area (Å²) in [6.45, 7) is 2.25. The molecule has 0 spiro atoms. The minimum absolute atomic E-state index is 0.0353. The van der Waals surface area contributed by atoms with Crippen LogP contribution in [0.5, 0.6) is 0 Å². The van der Waals surface area contributed by atoms with Gasteiger partial charge in [0.25, 0.3) is 5.56 Å². The fraction of sp³-hybridized carbons (Fsp3) is 0.0556. The number of rotatable bonds is 6. The maximum absolute atomic E-state index is 15.5. The Bertz CT molecular complexity index is 3300. The molecule has 0 N–H and O–H groups in total. The zero-order valence-corrected chi connectivity index (χ0v) is 32.0. The van der Waals surface area contributed by atoms with E-state index in [9.17, 15) is 0 Å². The predicted octanol–water partition coefficient (Wildman–Crippen LogP) is 13.1. The minimum atomic E-state index is -0.0415. The molecule has 1 aliphatic rings. The number of allylic oxidation sites excluding steroid dienone is 4. The second kappa shape index (κ2) is 13.6. The number of hydrogen-bond acceptors (Lipinski definition) is 1. The van der Waals surface area contributed by atoms with Crippen LogP contribution in [0.15, 0.2) is 211 Å². The Morgan fingerprint density at radius 1 is 0.431 bits per heavy atom. The van der Waals surface area contributed by atoms with E-state index in [4.69, 9.17) is 0 Å². The standard InChI is InChI=1S/C54H39N3O/c1-36-26-27-38(37-16-6-2-7-17-37)32-45(36)52-35-48-47-34-40(39-28-30-50-46(33-39)44-24-14-15-25-49(44)55(50)41-18-8-3-9-19-41)29-31-51(47)56(42-20-10-4-11-21-42)53(48)54(58)57(52)43-22-12-5-13-23-43/h2-36,45H,1H3. The fourth-order valence-electron chi connectivity index (χ4n) is 9.18. The molecule has 0 amide bonds. The molecule has 276 valence electrons. The monoisotopic (exact) mass is 745 g/mol. The van der Waals surface area contributed by atoms with Gasteiger partial charge in [-0.15, -0.1) is 0 Å². The van der Waals surface area contributed by atoms with Gasteiger partial charge < -0.3 is 9.13 Å². The molecule has 7 aromatic carbocycles. The molecular weight excluding hydrogens is 707 g/mol. The Hall–Kier alpha value is -7.43. The summed E-state index contributed by atoms with van der Waals surface area (Å²) in [7, 11) is 0. The lowest BCUT2D eigenvalue weighted by atomic mass is 9.82. The lowest BCUT2D eigenvalue weighted by Gasteiger charge is -2.27. The van der Waals surface area contributed by atoms with Crippen LogP contribution in [0.25, 0.3) is 77.4 Å². The van der Waals surface area contributed by atoms with Crippen molar-refractivity contribution in [3.05, 3.63) is 228 Å². The van der Waals surface area contributed by atoms with Crippen molar-refractivity contribution in [3.8, 4) is 28.2 Å². The molecule has 2 atom stereocenters. The topological polar surface area (TPSA) is 31.9 Å². The molecule has 0 radical (unpaired) electrons. The summed E-state index contributed by atoms with van der Waals surface area (Å²) < 4.78 is 6.47. The summed E-state index contributed by atoms with van der Waals surface area (Å²) in [6.07, 6.45) is 6.86. The highest BCUT2D eigenvalue weighted by Gasteiger charge is 2.27. The number of fused-ring (bicyclic) bond motifs is 6. The molecule has 0 bridgehead atoms. The third-order valence-electron chi connectivity index (χ3n) is 12.0. The highest BCUT2D eigenvalue weighted by atomic mass is 16.1. The summed E-state index contributed by atoms with van der Waals surface area (Å²) in [5, 5.41) is 4.42. The highest BCUT2D eigenvalue weighted by molar-refractivity contribution is 6.12. The third-order valence-corrected chi connectivity index (χ3v) is 12.0. The van der Waals surface area contributed by atoms with Crippen molar-refractivity contribution in [1.82, 2.24) is 13.7 Å². The number of para-hydroxylation sites is 4. The molecule has 4 heteroatoms. The average Bonchev–Trinajstić information content (AvgIpc) is 3.80. The summed E-state index contributed by atoms with van der Waals surface area (Å²) in [5.74, 6) is 0.127. The van der Waals surface area contributed by atoms with Gasteiger partial charge in [0.15, 0.2) is 0 Å². The van der Waals surface area contributed by atoms with E-state index >= 15 is 4.79 Å². The first kappa shape index (κ1) is 33.9. The first-order chi connectivity index (χ1) is 28.6. The minimum Gasteiger partial charge on any atom is -0.309 e. The maximum atomic E-state index is 15.5. The summed E-state index contributed by atoms with van der Waals surface area (Å²) in [5.41, 5.74) is 12.5. The van der Waals surface area contributed by atoms with Crippen molar-refractivity contribution < 1.29 is 0 Å². The van der Waals surface area contributed by atoms with Crippen molar-refractivity contribution in [2.24, 2.45) is 5.92 Å². The number of hydrogen-bond donors (Lipinski definition) is 0. The SMILES string of the molecule is CC1C=CC(c2ccccc2)=CC1c1cc2c3cc(-c4ccc5c(c4)c4ccccc4n5-c4ccccc4)ccc3n(-c3ccccc3)c2c(=O)n1-c1ccccc1. The number of nitrogens with zero attached hydrogens (tertiary/aromatic N) is 3. The molecule has 3 heterocycles. The van der Waals surface area contributed by atoms with Crippen molar-refractivity contribution >= 4 is 49.2 Å².